The van der Waals surface area contributed by atoms with E-state index in [2.05, 4.69) is 15.2 Å². The van der Waals surface area contributed by atoms with Gasteiger partial charge in [-0.15, -0.1) is 0 Å². The number of hydrogen-bond acceptors (Lipinski definition) is 5. The minimum atomic E-state index is -0.140. The molecule has 1 aliphatic heterocycles. The van der Waals surface area contributed by atoms with Crippen molar-refractivity contribution in [3.05, 3.63) is 65.2 Å². The lowest BCUT2D eigenvalue weighted by Crippen LogP contribution is -2.36. The summed E-state index contributed by atoms with van der Waals surface area (Å²) in [5.74, 6) is -0.140. The molecule has 1 fully saturated rings. The molecule has 144 valence electrons. The first-order chi connectivity index (χ1) is 13.7. The highest BCUT2D eigenvalue weighted by Gasteiger charge is 2.12. The Morgan fingerprint density at radius 2 is 1.93 bits per heavy atom. The van der Waals surface area contributed by atoms with Gasteiger partial charge in [0.2, 0.25) is 5.91 Å². The Bertz CT molecular complexity index is 1040. The highest BCUT2D eigenvalue weighted by molar-refractivity contribution is 5.91. The molecule has 28 heavy (non-hydrogen) atoms. The summed E-state index contributed by atoms with van der Waals surface area (Å²) in [6.07, 6.45) is 1.69. The van der Waals surface area contributed by atoms with Gasteiger partial charge in [0.25, 0.3) is 5.56 Å². The Kier molecular flexibility index (Phi) is 5.34. The predicted octanol–water partition coefficient (Wildman–Crippen LogP) is 2.26. The number of para-hydroxylation sites is 1. The second-order valence-electron chi connectivity index (χ2n) is 6.71. The maximum Gasteiger partial charge on any atom is 0.261 e. The number of aromatic nitrogens is 2. The van der Waals surface area contributed by atoms with Crippen LogP contribution in [0.3, 0.4) is 0 Å². The zero-order valence-corrected chi connectivity index (χ0v) is 15.5. The van der Waals surface area contributed by atoms with Gasteiger partial charge in [0, 0.05) is 37.4 Å². The van der Waals surface area contributed by atoms with E-state index in [9.17, 15) is 9.59 Å². The molecule has 1 amide bonds. The van der Waals surface area contributed by atoms with Crippen molar-refractivity contribution in [2.45, 2.75) is 13.0 Å². The van der Waals surface area contributed by atoms with Gasteiger partial charge in [0.1, 0.15) is 0 Å². The van der Waals surface area contributed by atoms with Crippen molar-refractivity contribution in [2.24, 2.45) is 0 Å². The van der Waals surface area contributed by atoms with E-state index in [1.807, 2.05) is 36.4 Å². The lowest BCUT2D eigenvalue weighted by atomic mass is 10.2. The number of benzene rings is 2. The number of ether oxygens (including phenoxy) is 1. The van der Waals surface area contributed by atoms with Crippen LogP contribution in [0.15, 0.2) is 59.7 Å². The van der Waals surface area contributed by atoms with E-state index >= 15 is 0 Å². The Morgan fingerprint density at radius 3 is 2.79 bits per heavy atom. The summed E-state index contributed by atoms with van der Waals surface area (Å²) in [7, 11) is 0. The molecule has 0 atom stereocenters. The topological polar surface area (TPSA) is 76.5 Å². The number of hydrogen-bond donors (Lipinski definition) is 1. The first-order valence-electron chi connectivity index (χ1n) is 9.37. The number of morpholine rings is 1. The lowest BCUT2D eigenvalue weighted by Gasteiger charge is -2.29. The molecule has 0 radical (unpaired) electrons. The van der Waals surface area contributed by atoms with Crippen molar-refractivity contribution in [3.8, 4) is 0 Å². The quantitative estimate of drug-likeness (QED) is 0.737. The fourth-order valence-electron chi connectivity index (χ4n) is 3.31. The average molecular weight is 378 g/mol. The lowest BCUT2D eigenvalue weighted by molar-refractivity contribution is -0.116. The largest absolute Gasteiger partial charge is 0.378 e. The van der Waals surface area contributed by atoms with Crippen molar-refractivity contribution >= 4 is 28.2 Å². The Hall–Kier alpha value is -3.19. The number of amides is 1. The van der Waals surface area contributed by atoms with Crippen molar-refractivity contribution < 1.29 is 9.53 Å². The second kappa shape index (κ2) is 8.22. The van der Waals surface area contributed by atoms with Gasteiger partial charge in [-0.3, -0.25) is 14.2 Å². The molecule has 1 saturated heterocycles. The van der Waals surface area contributed by atoms with Gasteiger partial charge in [0.15, 0.2) is 0 Å². The third-order valence-electron chi connectivity index (χ3n) is 4.82. The number of rotatable bonds is 5. The van der Waals surface area contributed by atoms with Gasteiger partial charge in [0.05, 0.1) is 30.4 Å². The molecule has 0 bridgehead atoms. The van der Waals surface area contributed by atoms with E-state index in [0.29, 0.717) is 24.1 Å². The molecule has 1 aliphatic rings. The van der Waals surface area contributed by atoms with Crippen LogP contribution in [-0.4, -0.2) is 41.8 Å². The molecule has 2 heterocycles. The van der Waals surface area contributed by atoms with Crippen LogP contribution in [0, 0.1) is 0 Å². The van der Waals surface area contributed by atoms with Gasteiger partial charge in [-0.05, 0) is 30.3 Å². The van der Waals surface area contributed by atoms with E-state index in [1.54, 1.807) is 12.1 Å². The van der Waals surface area contributed by atoms with Crippen LogP contribution >= 0.6 is 0 Å². The fourth-order valence-corrected chi connectivity index (χ4v) is 3.31. The van der Waals surface area contributed by atoms with Crippen molar-refractivity contribution in [3.63, 3.8) is 0 Å². The number of nitrogens with zero attached hydrogens (tertiary/aromatic N) is 3. The fraction of sp³-hybridized carbons (Fsp3) is 0.286. The molecular weight excluding hydrogens is 356 g/mol. The van der Waals surface area contributed by atoms with Crippen LogP contribution in [0.25, 0.3) is 10.9 Å². The van der Waals surface area contributed by atoms with Gasteiger partial charge >= 0.3 is 0 Å². The van der Waals surface area contributed by atoms with Crippen LogP contribution in [-0.2, 0) is 16.1 Å². The zero-order valence-electron chi connectivity index (χ0n) is 15.5. The van der Waals surface area contributed by atoms with Crippen molar-refractivity contribution in [1.29, 1.82) is 0 Å². The third kappa shape index (κ3) is 4.04. The maximum atomic E-state index is 12.5. The number of carbonyl (C=O) groups is 1. The van der Waals surface area contributed by atoms with Crippen molar-refractivity contribution in [2.75, 3.05) is 36.5 Å². The van der Waals surface area contributed by atoms with Gasteiger partial charge in [-0.1, -0.05) is 18.2 Å². The summed E-state index contributed by atoms with van der Waals surface area (Å²) in [5, 5.41) is 3.47. The third-order valence-corrected chi connectivity index (χ3v) is 4.82. The maximum absolute atomic E-state index is 12.5. The molecule has 0 unspecified atom stereocenters. The number of carbonyl (C=O) groups excluding carboxylic acids is 1. The molecule has 0 aliphatic carbocycles. The minimum Gasteiger partial charge on any atom is -0.378 e. The SMILES string of the molecule is O=C(CCn1cnc2ccccc2c1=O)Nc1cccc(N2CCOCC2)c1. The van der Waals surface area contributed by atoms with Gasteiger partial charge in [-0.25, -0.2) is 4.98 Å². The van der Waals surface area contributed by atoms with Crippen molar-refractivity contribution in [1.82, 2.24) is 9.55 Å². The summed E-state index contributed by atoms with van der Waals surface area (Å²) in [6.45, 7) is 3.40. The smallest absolute Gasteiger partial charge is 0.261 e. The molecule has 4 rings (SSSR count). The molecular formula is C21H22N4O3. The van der Waals surface area contributed by atoms with E-state index < -0.39 is 0 Å². The highest BCUT2D eigenvalue weighted by atomic mass is 16.5. The standard InChI is InChI=1S/C21H22N4O3/c26-20(8-9-25-15-22-19-7-2-1-6-18(19)21(25)27)23-16-4-3-5-17(14-16)24-10-12-28-13-11-24/h1-7,14-15H,8-13H2,(H,23,26). The Balaban J connectivity index is 1.40. The van der Waals surface area contributed by atoms with Gasteiger partial charge < -0.3 is 15.0 Å². The Labute approximate surface area is 162 Å². The summed E-state index contributed by atoms with van der Waals surface area (Å²) in [6, 6.07) is 15.0. The molecule has 1 aromatic heterocycles. The number of anilines is 2. The normalized spacial score (nSPS) is 14.2. The first kappa shape index (κ1) is 18.2. The molecule has 1 N–H and O–H groups in total. The Morgan fingerprint density at radius 1 is 1.11 bits per heavy atom. The van der Waals surface area contributed by atoms with E-state index in [0.717, 1.165) is 24.5 Å². The molecule has 2 aromatic carbocycles. The first-order valence-corrected chi connectivity index (χ1v) is 9.37. The van der Waals surface area contributed by atoms with E-state index in [1.165, 1.54) is 10.9 Å². The van der Waals surface area contributed by atoms with Crippen LogP contribution in [0.4, 0.5) is 11.4 Å². The van der Waals surface area contributed by atoms with E-state index in [-0.39, 0.29) is 24.4 Å². The number of aryl methyl sites for hydroxylation is 1. The van der Waals surface area contributed by atoms with Crippen LogP contribution < -0.4 is 15.8 Å². The molecule has 3 aromatic rings. The summed E-state index contributed by atoms with van der Waals surface area (Å²) < 4.78 is 6.86. The number of fused-ring (bicyclic) bond motifs is 1. The highest BCUT2D eigenvalue weighted by Crippen LogP contribution is 2.20. The summed E-state index contributed by atoms with van der Waals surface area (Å²) in [4.78, 5) is 31.4. The van der Waals surface area contributed by atoms with Crippen LogP contribution in [0.1, 0.15) is 6.42 Å². The summed E-state index contributed by atoms with van der Waals surface area (Å²) >= 11 is 0. The van der Waals surface area contributed by atoms with Gasteiger partial charge in [-0.2, -0.15) is 0 Å². The molecule has 7 nitrogen and oxygen atoms in total. The second-order valence-corrected chi connectivity index (χ2v) is 6.71. The molecule has 0 saturated carbocycles. The molecule has 7 heteroatoms. The predicted molar refractivity (Wildman–Crippen MR) is 109 cm³/mol. The molecule has 0 spiro atoms. The minimum absolute atomic E-state index is 0.132. The van der Waals surface area contributed by atoms with Crippen LogP contribution in [0.5, 0.6) is 0 Å². The van der Waals surface area contributed by atoms with Crippen LogP contribution in [0.2, 0.25) is 0 Å². The van der Waals surface area contributed by atoms with E-state index in [4.69, 9.17) is 4.74 Å². The number of nitrogens with one attached hydrogen (secondary N) is 1. The average Bonchev–Trinajstić information content (AvgIpc) is 2.74. The summed E-state index contributed by atoms with van der Waals surface area (Å²) in [5.41, 5.74) is 2.34. The monoisotopic (exact) mass is 378 g/mol. The zero-order chi connectivity index (χ0) is 19.3.